The Labute approximate surface area is 126 Å². The Hall–Kier alpha value is -2.15. The Kier molecular flexibility index (Phi) is 4.74. The molecule has 2 aromatic carbocycles. The Morgan fingerprint density at radius 3 is 2.00 bits per heavy atom. The summed E-state index contributed by atoms with van der Waals surface area (Å²) in [6.07, 6.45) is 0. The van der Waals surface area contributed by atoms with Gasteiger partial charge in [-0.2, -0.15) is 0 Å². The van der Waals surface area contributed by atoms with Crippen molar-refractivity contribution in [3.63, 3.8) is 0 Å². The van der Waals surface area contributed by atoms with E-state index in [9.17, 15) is 13.7 Å². The predicted molar refractivity (Wildman–Crippen MR) is 88.2 cm³/mol. The zero-order valence-electron chi connectivity index (χ0n) is 11.4. The molecule has 0 aliphatic rings. The summed E-state index contributed by atoms with van der Waals surface area (Å²) >= 11 is 0. The molecular formula is C15H15N2O2PS. The number of rotatable bonds is 4. The van der Waals surface area contributed by atoms with Gasteiger partial charge in [-0.25, -0.2) is 0 Å². The van der Waals surface area contributed by atoms with E-state index < -0.39 is 9.84 Å². The average Bonchev–Trinajstić information content (AvgIpc) is 2.54. The molecule has 2 rings (SSSR count). The van der Waals surface area contributed by atoms with Gasteiger partial charge in [0.05, 0.1) is 0 Å². The number of nitriles is 1. The molecule has 6 heteroatoms. The molecule has 0 atom stereocenters. The molecule has 0 bridgehead atoms. The van der Waals surface area contributed by atoms with Crippen LogP contribution in [-0.4, -0.2) is 8.42 Å². The Balaban J connectivity index is 2.75. The molecule has 0 saturated carbocycles. The average molecular weight is 318 g/mol. The quantitative estimate of drug-likeness (QED) is 0.693. The van der Waals surface area contributed by atoms with Crippen LogP contribution in [0.2, 0.25) is 0 Å². The minimum absolute atomic E-state index is 0.0202. The van der Waals surface area contributed by atoms with E-state index in [0.717, 1.165) is 0 Å². The monoisotopic (exact) mass is 318 g/mol. The summed E-state index contributed by atoms with van der Waals surface area (Å²) in [5, 5.41) is 12.1. The Morgan fingerprint density at radius 1 is 1.00 bits per heavy atom. The Morgan fingerprint density at radius 2 is 1.52 bits per heavy atom. The van der Waals surface area contributed by atoms with E-state index in [1.54, 1.807) is 48.5 Å². The summed E-state index contributed by atoms with van der Waals surface area (Å²) in [5.41, 5.74) is 0.581. The SMILES string of the molecule is N#CC(N[PH4])=C(c1ccccc1)S(=O)(=O)c1ccccc1. The first-order valence-electron chi connectivity index (χ1n) is 6.29. The molecule has 0 radical (unpaired) electrons. The van der Waals surface area contributed by atoms with Crippen LogP contribution in [0, 0.1) is 11.3 Å². The van der Waals surface area contributed by atoms with Crippen LogP contribution in [0.15, 0.2) is 71.3 Å². The van der Waals surface area contributed by atoms with Crippen LogP contribution in [0.1, 0.15) is 5.56 Å². The van der Waals surface area contributed by atoms with Crippen LogP contribution < -0.4 is 5.09 Å². The van der Waals surface area contributed by atoms with Crippen LogP contribution >= 0.6 is 9.39 Å². The van der Waals surface area contributed by atoms with Crippen molar-refractivity contribution in [2.24, 2.45) is 0 Å². The summed E-state index contributed by atoms with van der Waals surface area (Å²) in [6, 6.07) is 18.8. The molecule has 0 aromatic heterocycles. The van der Waals surface area contributed by atoms with E-state index in [4.69, 9.17) is 0 Å². The van der Waals surface area contributed by atoms with Gasteiger partial charge >= 0.3 is 126 Å². The second kappa shape index (κ2) is 6.53. The van der Waals surface area contributed by atoms with Crippen molar-refractivity contribution in [2.75, 3.05) is 0 Å². The third kappa shape index (κ3) is 3.13. The Bertz CT molecular complexity index is 795. The fourth-order valence-electron chi connectivity index (χ4n) is 1.96. The van der Waals surface area contributed by atoms with Crippen molar-refractivity contribution in [3.05, 3.63) is 71.9 Å². The van der Waals surface area contributed by atoms with Crippen LogP contribution in [-0.2, 0) is 9.84 Å². The molecular weight excluding hydrogens is 303 g/mol. The van der Waals surface area contributed by atoms with E-state index in [0.29, 0.717) is 15.0 Å². The van der Waals surface area contributed by atoms with Crippen molar-refractivity contribution < 1.29 is 8.42 Å². The molecule has 0 aliphatic carbocycles. The van der Waals surface area contributed by atoms with E-state index in [2.05, 4.69) is 5.09 Å². The van der Waals surface area contributed by atoms with Gasteiger partial charge in [-0.1, -0.05) is 0 Å². The molecule has 1 N–H and O–H groups in total. The molecule has 0 fully saturated rings. The number of benzene rings is 2. The van der Waals surface area contributed by atoms with Gasteiger partial charge in [-0.15, -0.1) is 0 Å². The number of sulfone groups is 1. The normalized spacial score (nSPS) is 12.2. The standard InChI is InChI=1S/C15H15N2O2PS/c16-11-14(17-20)15(12-7-3-1-4-8-12)21(18,19)13-9-5-2-6-10-13/h1-10,17H,20H4. The summed E-state index contributed by atoms with van der Waals surface area (Å²) in [4.78, 5) is 0.195. The zero-order valence-corrected chi connectivity index (χ0v) is 14.3. The van der Waals surface area contributed by atoms with Crippen molar-refractivity contribution in [1.82, 2.24) is 5.09 Å². The first kappa shape index (κ1) is 15.2. The third-order valence-corrected chi connectivity index (χ3v) is 5.32. The maximum atomic E-state index is 12.9. The van der Waals surface area contributed by atoms with Gasteiger partial charge in [-0.05, 0) is 0 Å². The molecule has 0 saturated heterocycles. The van der Waals surface area contributed by atoms with E-state index in [1.165, 1.54) is 12.1 Å². The van der Waals surface area contributed by atoms with Crippen LogP contribution in [0.25, 0.3) is 4.91 Å². The molecule has 21 heavy (non-hydrogen) atoms. The van der Waals surface area contributed by atoms with Gasteiger partial charge in [0.15, 0.2) is 0 Å². The summed E-state index contributed by atoms with van der Waals surface area (Å²) in [6.45, 7) is 0. The van der Waals surface area contributed by atoms with Gasteiger partial charge in [0.2, 0.25) is 0 Å². The van der Waals surface area contributed by atoms with Gasteiger partial charge in [0.25, 0.3) is 0 Å². The maximum absolute atomic E-state index is 12.9. The molecule has 0 unspecified atom stereocenters. The molecule has 0 aliphatic heterocycles. The fraction of sp³-hybridized carbons (Fsp3) is 0. The van der Waals surface area contributed by atoms with Gasteiger partial charge < -0.3 is 0 Å². The topological polar surface area (TPSA) is 70.0 Å². The van der Waals surface area contributed by atoms with Crippen molar-refractivity contribution >= 4 is 24.1 Å². The molecule has 108 valence electrons. The number of nitrogens with one attached hydrogen (secondary N) is 1. The summed E-state index contributed by atoms with van der Waals surface area (Å²) < 4.78 is 25.7. The number of hydrogen-bond acceptors (Lipinski definition) is 4. The second-order valence-corrected chi connectivity index (χ2v) is 6.63. The third-order valence-electron chi connectivity index (χ3n) is 2.95. The van der Waals surface area contributed by atoms with Gasteiger partial charge in [0, 0.05) is 0 Å². The van der Waals surface area contributed by atoms with Crippen LogP contribution in [0.4, 0.5) is 0 Å². The number of nitrogens with zero attached hydrogens (tertiary/aromatic N) is 1. The van der Waals surface area contributed by atoms with E-state index in [1.807, 2.05) is 6.07 Å². The number of allylic oxidation sites excluding steroid dienone is 1. The molecule has 0 amide bonds. The summed E-state index contributed by atoms with van der Waals surface area (Å²) in [5.74, 6) is 0. The van der Waals surface area contributed by atoms with Crippen molar-refractivity contribution in [2.45, 2.75) is 4.90 Å². The zero-order chi connectivity index (χ0) is 15.3. The summed E-state index contributed by atoms with van der Waals surface area (Å²) in [7, 11) is -3.28. The first-order valence-corrected chi connectivity index (χ1v) is 8.77. The second-order valence-electron chi connectivity index (χ2n) is 4.25. The fourth-order valence-corrected chi connectivity index (χ4v) is 4.12. The van der Waals surface area contributed by atoms with Gasteiger partial charge in [-0.3, -0.25) is 0 Å². The minimum atomic E-state index is -3.76. The first-order chi connectivity index (χ1) is 10.1. The predicted octanol–water partition coefficient (Wildman–Crippen LogP) is 2.20. The van der Waals surface area contributed by atoms with E-state index in [-0.39, 0.29) is 15.5 Å². The van der Waals surface area contributed by atoms with E-state index >= 15 is 0 Å². The molecule has 0 heterocycles. The van der Waals surface area contributed by atoms with Crippen LogP contribution in [0.5, 0.6) is 0 Å². The number of hydrogen-bond donors (Lipinski definition) is 1. The van der Waals surface area contributed by atoms with Gasteiger partial charge in [0.1, 0.15) is 0 Å². The van der Waals surface area contributed by atoms with Crippen LogP contribution in [0.3, 0.4) is 0 Å². The van der Waals surface area contributed by atoms with Crippen molar-refractivity contribution in [1.29, 1.82) is 5.26 Å². The van der Waals surface area contributed by atoms with Crippen molar-refractivity contribution in [3.8, 4) is 6.07 Å². The molecule has 4 nitrogen and oxygen atoms in total. The molecule has 2 aromatic rings. The molecule has 0 spiro atoms.